The third-order valence-corrected chi connectivity index (χ3v) is 1.61. The number of oxazole rings is 1. The lowest BCUT2D eigenvalue weighted by atomic mass is 10.3. The van der Waals surface area contributed by atoms with Crippen molar-refractivity contribution in [1.82, 2.24) is 4.98 Å². The Hall–Kier alpha value is -1.36. The molecular formula is C8H6BrNO3. The molecule has 1 N–H and O–H groups in total. The second kappa shape index (κ2) is 4.61. The van der Waals surface area contributed by atoms with Gasteiger partial charge in [0.1, 0.15) is 5.52 Å². The number of para-hydroxylation sites is 2. The lowest BCUT2D eigenvalue weighted by molar-refractivity contribution is -0.122. The van der Waals surface area contributed by atoms with Crippen LogP contribution in [0.2, 0.25) is 0 Å². The Morgan fingerprint density at radius 1 is 1.46 bits per heavy atom. The molecule has 0 unspecified atom stereocenters. The smallest absolute Gasteiger partial charge is 0.290 e. The second-order valence-corrected chi connectivity index (χ2v) is 2.72. The summed E-state index contributed by atoms with van der Waals surface area (Å²) in [7, 11) is 0. The minimum absolute atomic E-state index is 0.250. The number of rotatable bonds is 0. The molecule has 1 heterocycles. The van der Waals surface area contributed by atoms with Crippen LogP contribution in [0, 0.1) is 0 Å². The quantitative estimate of drug-likeness (QED) is 0.722. The molecule has 68 valence electrons. The summed E-state index contributed by atoms with van der Waals surface area (Å²) >= 11 is 3.15. The van der Waals surface area contributed by atoms with Crippen LogP contribution < -0.4 is 0 Å². The van der Waals surface area contributed by atoms with Crippen molar-refractivity contribution in [3.05, 3.63) is 29.1 Å². The van der Waals surface area contributed by atoms with Crippen LogP contribution in [0.3, 0.4) is 0 Å². The number of benzene rings is 1. The summed E-state index contributed by atoms with van der Waals surface area (Å²) in [6, 6.07) is 7.63. The SMILES string of the molecule is Brc1nc2ccccc2o1.O=CO. The van der Waals surface area contributed by atoms with E-state index in [1.54, 1.807) is 0 Å². The van der Waals surface area contributed by atoms with Crippen molar-refractivity contribution in [2.45, 2.75) is 0 Å². The van der Waals surface area contributed by atoms with Crippen LogP contribution in [0.25, 0.3) is 11.1 Å². The summed E-state index contributed by atoms with van der Waals surface area (Å²) < 4.78 is 5.17. The number of nitrogens with zero attached hydrogens (tertiary/aromatic N) is 1. The highest BCUT2D eigenvalue weighted by Crippen LogP contribution is 2.17. The number of fused-ring (bicyclic) bond motifs is 1. The minimum atomic E-state index is -0.250. The predicted molar refractivity (Wildman–Crippen MR) is 50.4 cm³/mol. The van der Waals surface area contributed by atoms with Crippen LogP contribution in [-0.4, -0.2) is 16.6 Å². The van der Waals surface area contributed by atoms with E-state index in [1.165, 1.54) is 0 Å². The van der Waals surface area contributed by atoms with Crippen molar-refractivity contribution in [3.63, 3.8) is 0 Å². The molecule has 0 aliphatic carbocycles. The predicted octanol–water partition coefficient (Wildman–Crippen LogP) is 2.29. The van der Waals surface area contributed by atoms with Crippen LogP contribution in [0.15, 0.2) is 33.5 Å². The van der Waals surface area contributed by atoms with Gasteiger partial charge in [-0.15, -0.1) is 0 Å². The Morgan fingerprint density at radius 3 is 2.69 bits per heavy atom. The van der Waals surface area contributed by atoms with Crippen molar-refractivity contribution >= 4 is 33.5 Å². The Balaban J connectivity index is 0.000000251. The maximum atomic E-state index is 8.36. The summed E-state index contributed by atoms with van der Waals surface area (Å²) in [5.74, 6) is 0. The van der Waals surface area contributed by atoms with Crippen molar-refractivity contribution in [3.8, 4) is 0 Å². The van der Waals surface area contributed by atoms with Gasteiger partial charge in [-0.3, -0.25) is 4.79 Å². The average Bonchev–Trinajstić information content (AvgIpc) is 2.45. The van der Waals surface area contributed by atoms with Gasteiger partial charge >= 0.3 is 0 Å². The fourth-order valence-corrected chi connectivity index (χ4v) is 1.21. The zero-order chi connectivity index (χ0) is 9.68. The van der Waals surface area contributed by atoms with E-state index in [0.717, 1.165) is 11.1 Å². The summed E-state index contributed by atoms with van der Waals surface area (Å²) in [6.45, 7) is -0.250. The molecular weight excluding hydrogens is 238 g/mol. The molecule has 0 saturated heterocycles. The molecule has 0 spiro atoms. The first kappa shape index (κ1) is 9.73. The van der Waals surface area contributed by atoms with Gasteiger partial charge in [0.2, 0.25) is 0 Å². The molecule has 0 saturated carbocycles. The summed E-state index contributed by atoms with van der Waals surface area (Å²) in [4.78, 5) is 13.0. The molecule has 1 aromatic carbocycles. The molecule has 13 heavy (non-hydrogen) atoms. The molecule has 0 aliphatic rings. The lowest BCUT2D eigenvalue weighted by Crippen LogP contribution is -1.62. The van der Waals surface area contributed by atoms with Gasteiger partial charge in [-0.1, -0.05) is 12.1 Å². The molecule has 2 rings (SSSR count). The minimum Gasteiger partial charge on any atom is -0.483 e. The molecule has 2 aromatic rings. The van der Waals surface area contributed by atoms with E-state index in [-0.39, 0.29) is 6.47 Å². The van der Waals surface area contributed by atoms with Gasteiger partial charge < -0.3 is 9.52 Å². The Morgan fingerprint density at radius 2 is 2.08 bits per heavy atom. The number of hydrogen-bond donors (Lipinski definition) is 1. The normalized spacial score (nSPS) is 9.00. The number of hydrogen-bond acceptors (Lipinski definition) is 3. The van der Waals surface area contributed by atoms with Crippen LogP contribution in [-0.2, 0) is 4.79 Å². The Kier molecular flexibility index (Phi) is 3.45. The maximum absolute atomic E-state index is 8.36. The first-order valence-electron chi connectivity index (χ1n) is 3.37. The van der Waals surface area contributed by atoms with Crippen molar-refractivity contribution in [2.75, 3.05) is 0 Å². The standard InChI is InChI=1S/C7H4BrNO.CH2O2/c8-7-9-5-3-1-2-4-6(5)10-7;2-1-3/h1-4H;1H,(H,2,3). The summed E-state index contributed by atoms with van der Waals surface area (Å²) in [6.07, 6.45) is 0. The van der Waals surface area contributed by atoms with Crippen molar-refractivity contribution in [2.24, 2.45) is 0 Å². The van der Waals surface area contributed by atoms with Crippen molar-refractivity contribution < 1.29 is 14.3 Å². The first-order valence-corrected chi connectivity index (χ1v) is 4.16. The fourth-order valence-electron chi connectivity index (χ4n) is 0.844. The monoisotopic (exact) mass is 243 g/mol. The van der Waals surface area contributed by atoms with E-state index in [1.807, 2.05) is 24.3 Å². The summed E-state index contributed by atoms with van der Waals surface area (Å²) in [5, 5.41) is 6.89. The molecule has 0 atom stereocenters. The van der Waals surface area contributed by atoms with Gasteiger partial charge in [0.25, 0.3) is 11.3 Å². The topological polar surface area (TPSA) is 63.3 Å². The number of carboxylic acid groups (broad SMARTS) is 1. The van der Waals surface area contributed by atoms with E-state index in [4.69, 9.17) is 14.3 Å². The largest absolute Gasteiger partial charge is 0.483 e. The molecule has 4 nitrogen and oxygen atoms in total. The van der Waals surface area contributed by atoms with Crippen LogP contribution in [0.5, 0.6) is 0 Å². The highest BCUT2D eigenvalue weighted by atomic mass is 79.9. The molecule has 0 bridgehead atoms. The molecule has 0 aliphatic heterocycles. The Labute approximate surface area is 82.3 Å². The number of carbonyl (C=O) groups is 1. The van der Waals surface area contributed by atoms with E-state index in [9.17, 15) is 0 Å². The molecule has 1 aromatic heterocycles. The van der Waals surface area contributed by atoms with Gasteiger partial charge in [0, 0.05) is 15.9 Å². The second-order valence-electron chi connectivity index (χ2n) is 2.04. The zero-order valence-electron chi connectivity index (χ0n) is 6.48. The highest BCUT2D eigenvalue weighted by Gasteiger charge is 1.98. The van der Waals surface area contributed by atoms with E-state index >= 15 is 0 Å². The third-order valence-electron chi connectivity index (χ3n) is 1.27. The first-order chi connectivity index (χ1) is 6.27. The van der Waals surface area contributed by atoms with Crippen LogP contribution >= 0.6 is 15.9 Å². The van der Waals surface area contributed by atoms with E-state index in [0.29, 0.717) is 4.80 Å². The Bertz CT molecular complexity index is 366. The average molecular weight is 244 g/mol. The molecule has 0 amide bonds. The van der Waals surface area contributed by atoms with Gasteiger partial charge in [-0.05, 0) is 12.1 Å². The van der Waals surface area contributed by atoms with Crippen LogP contribution in [0.4, 0.5) is 0 Å². The fraction of sp³-hybridized carbons (Fsp3) is 0. The van der Waals surface area contributed by atoms with Gasteiger partial charge in [0.15, 0.2) is 5.58 Å². The van der Waals surface area contributed by atoms with E-state index < -0.39 is 0 Å². The van der Waals surface area contributed by atoms with Gasteiger partial charge in [-0.2, -0.15) is 0 Å². The van der Waals surface area contributed by atoms with Gasteiger partial charge in [-0.25, -0.2) is 4.98 Å². The van der Waals surface area contributed by atoms with E-state index in [2.05, 4.69) is 20.9 Å². The van der Waals surface area contributed by atoms with Gasteiger partial charge in [0.05, 0.1) is 0 Å². The zero-order valence-corrected chi connectivity index (χ0v) is 8.06. The number of aromatic nitrogens is 1. The highest BCUT2D eigenvalue weighted by molar-refractivity contribution is 9.10. The lowest BCUT2D eigenvalue weighted by Gasteiger charge is -1.79. The van der Waals surface area contributed by atoms with Crippen LogP contribution in [0.1, 0.15) is 0 Å². The maximum Gasteiger partial charge on any atom is 0.290 e. The molecule has 0 fully saturated rings. The third kappa shape index (κ3) is 2.55. The number of halogens is 1. The summed E-state index contributed by atoms with van der Waals surface area (Å²) in [5.41, 5.74) is 1.70. The van der Waals surface area contributed by atoms with Crippen molar-refractivity contribution in [1.29, 1.82) is 0 Å². The molecule has 0 radical (unpaired) electrons. The molecule has 5 heteroatoms.